The normalized spacial score (nSPS) is 12.2. The third kappa shape index (κ3) is 3.17. The van der Waals surface area contributed by atoms with E-state index in [1.807, 2.05) is 37.3 Å². The highest BCUT2D eigenvalue weighted by molar-refractivity contribution is 5.84. The quantitative estimate of drug-likeness (QED) is 0.928. The van der Waals surface area contributed by atoms with Crippen molar-refractivity contribution in [3.05, 3.63) is 36.1 Å². The van der Waals surface area contributed by atoms with Crippen molar-refractivity contribution >= 4 is 22.8 Å². The molecule has 0 fully saturated rings. The number of carbonyl (C=O) groups excluding carboxylic acids is 2. The zero-order valence-corrected chi connectivity index (χ0v) is 11.8. The molecule has 5 nitrogen and oxygen atoms in total. The summed E-state index contributed by atoms with van der Waals surface area (Å²) < 4.78 is 5.69. The standard InChI is InChI=1S/C15H18N2O3/c1-10(16-15(19)9-17(3)11(2)18)14-8-12-6-4-5-7-13(12)20-14/h4-8,10H,9H2,1-3H3,(H,16,19)/t10-/m0/s1. The van der Waals surface area contributed by atoms with Crippen LogP contribution < -0.4 is 5.32 Å². The summed E-state index contributed by atoms with van der Waals surface area (Å²) in [6, 6.07) is 9.36. The van der Waals surface area contributed by atoms with Gasteiger partial charge in [0.2, 0.25) is 11.8 Å². The van der Waals surface area contributed by atoms with Gasteiger partial charge in [-0.2, -0.15) is 0 Å². The lowest BCUT2D eigenvalue weighted by Gasteiger charge is -2.16. The highest BCUT2D eigenvalue weighted by Crippen LogP contribution is 2.23. The number of furan rings is 1. The number of carbonyl (C=O) groups is 2. The van der Waals surface area contributed by atoms with Crippen molar-refractivity contribution in [2.75, 3.05) is 13.6 Å². The van der Waals surface area contributed by atoms with E-state index in [0.29, 0.717) is 5.76 Å². The molecule has 2 aromatic rings. The Morgan fingerprint density at radius 3 is 2.70 bits per heavy atom. The van der Waals surface area contributed by atoms with Gasteiger partial charge in [0.05, 0.1) is 12.6 Å². The van der Waals surface area contributed by atoms with Crippen LogP contribution in [0.25, 0.3) is 11.0 Å². The summed E-state index contributed by atoms with van der Waals surface area (Å²) in [5, 5.41) is 3.82. The van der Waals surface area contributed by atoms with Gasteiger partial charge in [0.25, 0.3) is 0 Å². The largest absolute Gasteiger partial charge is 0.459 e. The summed E-state index contributed by atoms with van der Waals surface area (Å²) in [4.78, 5) is 24.3. The molecule has 2 amide bonds. The molecule has 0 aliphatic carbocycles. The van der Waals surface area contributed by atoms with Crippen molar-refractivity contribution in [2.45, 2.75) is 19.9 Å². The number of likely N-dealkylation sites (N-methyl/N-ethyl adjacent to an activating group) is 1. The fourth-order valence-corrected chi connectivity index (χ4v) is 1.90. The van der Waals surface area contributed by atoms with Crippen molar-refractivity contribution in [2.24, 2.45) is 0 Å². The SMILES string of the molecule is CC(=O)N(C)CC(=O)N[C@@H](C)c1cc2ccccc2o1. The van der Waals surface area contributed by atoms with Crippen LogP contribution in [0.2, 0.25) is 0 Å². The second-order valence-corrected chi connectivity index (χ2v) is 4.85. The number of fused-ring (bicyclic) bond motifs is 1. The highest BCUT2D eigenvalue weighted by Gasteiger charge is 2.15. The third-order valence-electron chi connectivity index (χ3n) is 3.17. The van der Waals surface area contributed by atoms with E-state index in [-0.39, 0.29) is 24.4 Å². The number of amides is 2. The van der Waals surface area contributed by atoms with Gasteiger partial charge < -0.3 is 14.6 Å². The fraction of sp³-hybridized carbons (Fsp3) is 0.333. The van der Waals surface area contributed by atoms with Crippen molar-refractivity contribution < 1.29 is 14.0 Å². The molecule has 5 heteroatoms. The van der Waals surface area contributed by atoms with Crippen LogP contribution in [-0.4, -0.2) is 30.3 Å². The van der Waals surface area contributed by atoms with E-state index in [1.165, 1.54) is 11.8 Å². The first-order valence-electron chi connectivity index (χ1n) is 6.47. The second-order valence-electron chi connectivity index (χ2n) is 4.85. The topological polar surface area (TPSA) is 62.6 Å². The molecule has 1 N–H and O–H groups in total. The zero-order valence-electron chi connectivity index (χ0n) is 11.8. The lowest BCUT2D eigenvalue weighted by Crippen LogP contribution is -2.38. The Morgan fingerprint density at radius 1 is 1.35 bits per heavy atom. The lowest BCUT2D eigenvalue weighted by molar-refractivity contribution is -0.133. The molecule has 1 heterocycles. The van der Waals surface area contributed by atoms with Crippen LogP contribution in [0.1, 0.15) is 25.6 Å². The van der Waals surface area contributed by atoms with E-state index < -0.39 is 0 Å². The van der Waals surface area contributed by atoms with Crippen LogP contribution in [0.3, 0.4) is 0 Å². The van der Waals surface area contributed by atoms with Crippen LogP contribution >= 0.6 is 0 Å². The molecule has 0 saturated heterocycles. The van der Waals surface area contributed by atoms with Gasteiger partial charge in [-0.15, -0.1) is 0 Å². The number of nitrogens with one attached hydrogen (secondary N) is 1. The van der Waals surface area contributed by atoms with Crippen molar-refractivity contribution in [3.63, 3.8) is 0 Å². The van der Waals surface area contributed by atoms with Gasteiger partial charge >= 0.3 is 0 Å². The summed E-state index contributed by atoms with van der Waals surface area (Å²) in [6.07, 6.45) is 0. The molecule has 0 unspecified atom stereocenters. The first kappa shape index (κ1) is 14.1. The molecule has 0 saturated carbocycles. The molecular formula is C15H18N2O3. The van der Waals surface area contributed by atoms with E-state index in [4.69, 9.17) is 4.42 Å². The first-order chi connectivity index (χ1) is 9.47. The van der Waals surface area contributed by atoms with Crippen LogP contribution in [0.4, 0.5) is 0 Å². The molecule has 0 bridgehead atoms. The maximum atomic E-state index is 11.8. The van der Waals surface area contributed by atoms with Gasteiger partial charge in [-0.05, 0) is 19.1 Å². The van der Waals surface area contributed by atoms with Gasteiger partial charge in [-0.3, -0.25) is 9.59 Å². The zero-order chi connectivity index (χ0) is 14.7. The Kier molecular flexibility index (Phi) is 4.08. The number of hydrogen-bond donors (Lipinski definition) is 1. The summed E-state index contributed by atoms with van der Waals surface area (Å²) in [5.74, 6) is 0.345. The average molecular weight is 274 g/mol. The third-order valence-corrected chi connectivity index (χ3v) is 3.17. The van der Waals surface area contributed by atoms with Gasteiger partial charge in [0, 0.05) is 19.4 Å². The number of para-hydroxylation sites is 1. The molecule has 0 aliphatic rings. The highest BCUT2D eigenvalue weighted by atomic mass is 16.3. The average Bonchev–Trinajstić information content (AvgIpc) is 2.82. The van der Waals surface area contributed by atoms with Crippen molar-refractivity contribution in [1.29, 1.82) is 0 Å². The van der Waals surface area contributed by atoms with Crippen molar-refractivity contribution in [3.8, 4) is 0 Å². The molecule has 20 heavy (non-hydrogen) atoms. The maximum absolute atomic E-state index is 11.8. The van der Waals surface area contributed by atoms with E-state index in [1.54, 1.807) is 7.05 Å². The minimum absolute atomic E-state index is 0.0416. The molecule has 1 aromatic heterocycles. The number of benzene rings is 1. The molecule has 1 aromatic carbocycles. The number of nitrogens with zero attached hydrogens (tertiary/aromatic N) is 1. The fourth-order valence-electron chi connectivity index (χ4n) is 1.90. The predicted molar refractivity (Wildman–Crippen MR) is 76.1 cm³/mol. The summed E-state index contributed by atoms with van der Waals surface area (Å²) in [7, 11) is 1.59. The Morgan fingerprint density at radius 2 is 2.05 bits per heavy atom. The Balaban J connectivity index is 2.02. The Labute approximate surface area is 117 Å². The van der Waals surface area contributed by atoms with E-state index in [0.717, 1.165) is 11.0 Å². The summed E-state index contributed by atoms with van der Waals surface area (Å²) in [6.45, 7) is 3.32. The molecule has 106 valence electrons. The molecule has 0 radical (unpaired) electrons. The minimum Gasteiger partial charge on any atom is -0.459 e. The maximum Gasteiger partial charge on any atom is 0.240 e. The molecule has 1 atom stereocenters. The smallest absolute Gasteiger partial charge is 0.240 e. The van der Waals surface area contributed by atoms with Crippen LogP contribution in [-0.2, 0) is 9.59 Å². The van der Waals surface area contributed by atoms with Crippen molar-refractivity contribution in [1.82, 2.24) is 10.2 Å². The van der Waals surface area contributed by atoms with Crippen LogP contribution in [0.15, 0.2) is 34.7 Å². The van der Waals surface area contributed by atoms with Crippen LogP contribution in [0, 0.1) is 0 Å². The monoisotopic (exact) mass is 274 g/mol. The number of rotatable bonds is 4. The molecule has 0 aliphatic heterocycles. The Hall–Kier alpha value is -2.30. The number of hydrogen-bond acceptors (Lipinski definition) is 3. The van der Waals surface area contributed by atoms with E-state index >= 15 is 0 Å². The summed E-state index contributed by atoms with van der Waals surface area (Å²) in [5.41, 5.74) is 0.796. The van der Waals surface area contributed by atoms with Gasteiger partial charge in [-0.1, -0.05) is 18.2 Å². The predicted octanol–water partition coefficient (Wildman–Crippen LogP) is 2.09. The molecule has 0 spiro atoms. The van der Waals surface area contributed by atoms with Gasteiger partial charge in [0.1, 0.15) is 11.3 Å². The molecule has 2 rings (SSSR count). The van der Waals surface area contributed by atoms with Crippen LogP contribution in [0.5, 0.6) is 0 Å². The van der Waals surface area contributed by atoms with E-state index in [9.17, 15) is 9.59 Å². The summed E-state index contributed by atoms with van der Waals surface area (Å²) >= 11 is 0. The second kappa shape index (κ2) is 5.77. The Bertz CT molecular complexity index is 600. The van der Waals surface area contributed by atoms with Gasteiger partial charge in [-0.25, -0.2) is 0 Å². The van der Waals surface area contributed by atoms with E-state index in [2.05, 4.69) is 5.32 Å². The lowest BCUT2D eigenvalue weighted by atomic mass is 10.2. The molecular weight excluding hydrogens is 256 g/mol. The first-order valence-corrected chi connectivity index (χ1v) is 6.47. The van der Waals surface area contributed by atoms with Gasteiger partial charge in [0.15, 0.2) is 0 Å². The minimum atomic E-state index is -0.241.